The Morgan fingerprint density at radius 3 is 2.79 bits per heavy atom. The van der Waals surface area contributed by atoms with Gasteiger partial charge in [-0.25, -0.2) is 13.2 Å². The first-order chi connectivity index (χ1) is 16.4. The smallest absolute Gasteiger partial charge is 0.251 e. The first-order valence-electron chi connectivity index (χ1n) is 11.6. The molecule has 10 heteroatoms. The second-order valence-electron chi connectivity index (χ2n) is 9.24. The maximum Gasteiger partial charge on any atom is 0.251 e. The second-order valence-corrected chi connectivity index (χ2v) is 9.24. The van der Waals surface area contributed by atoms with Crippen LogP contribution in [0.1, 0.15) is 36.2 Å². The van der Waals surface area contributed by atoms with Crippen molar-refractivity contribution in [1.29, 1.82) is 0 Å². The van der Waals surface area contributed by atoms with E-state index in [2.05, 4.69) is 25.4 Å². The third-order valence-corrected chi connectivity index (χ3v) is 6.88. The zero-order valence-electron chi connectivity index (χ0n) is 18.9. The van der Waals surface area contributed by atoms with Crippen molar-refractivity contribution in [2.24, 2.45) is 0 Å². The van der Waals surface area contributed by atoms with Crippen LogP contribution in [-0.4, -0.2) is 76.3 Å². The summed E-state index contributed by atoms with van der Waals surface area (Å²) in [4.78, 5) is 8.21. The standard InChI is InChI=1S/C24H28F4N6/c1-14-7-18-17(3-4-21-19(18)10-30-32-21)24(34(14)13-22(27)28)23-20(26)8-15(9-29-23)31-16-11-33(12-16)6-2-5-25/h3-4,8-10,14,16,22,24,31H,2,5-7,11-13H2,1H3,(H,30,32)/t14-,24?/m1/s1. The van der Waals surface area contributed by atoms with Crippen molar-refractivity contribution < 1.29 is 17.6 Å². The van der Waals surface area contributed by atoms with E-state index < -0.39 is 24.8 Å². The molecular formula is C24H28F4N6. The normalized spacial score (nSPS) is 21.7. The number of alkyl halides is 3. The van der Waals surface area contributed by atoms with E-state index in [-0.39, 0.29) is 24.5 Å². The van der Waals surface area contributed by atoms with Crippen LogP contribution in [0.3, 0.4) is 0 Å². The molecule has 1 unspecified atom stereocenters. The van der Waals surface area contributed by atoms with Gasteiger partial charge in [0.1, 0.15) is 5.82 Å². The number of nitrogens with one attached hydrogen (secondary N) is 2. The molecule has 1 aromatic carbocycles. The van der Waals surface area contributed by atoms with Gasteiger partial charge in [-0.2, -0.15) is 5.10 Å². The van der Waals surface area contributed by atoms with E-state index in [0.717, 1.165) is 35.1 Å². The molecule has 0 amide bonds. The van der Waals surface area contributed by atoms with Crippen LogP contribution in [0.15, 0.2) is 30.6 Å². The maximum absolute atomic E-state index is 15.4. The number of aromatic amines is 1. The summed E-state index contributed by atoms with van der Waals surface area (Å²) in [6, 6.07) is 4.30. The number of H-pyrrole nitrogens is 1. The van der Waals surface area contributed by atoms with Crippen molar-refractivity contribution in [2.45, 2.75) is 44.3 Å². The number of hydrogen-bond acceptors (Lipinski definition) is 5. The minimum Gasteiger partial charge on any atom is -0.378 e. The number of anilines is 1. The van der Waals surface area contributed by atoms with Crippen molar-refractivity contribution in [3.63, 3.8) is 0 Å². The topological polar surface area (TPSA) is 60.1 Å². The molecular weight excluding hydrogens is 448 g/mol. The summed E-state index contributed by atoms with van der Waals surface area (Å²) >= 11 is 0. The molecule has 0 spiro atoms. The number of pyridine rings is 1. The lowest BCUT2D eigenvalue weighted by Crippen LogP contribution is -2.54. The van der Waals surface area contributed by atoms with Crippen LogP contribution in [0.2, 0.25) is 0 Å². The Morgan fingerprint density at radius 2 is 2.06 bits per heavy atom. The van der Waals surface area contributed by atoms with Gasteiger partial charge in [0.15, 0.2) is 0 Å². The number of benzene rings is 1. The Balaban J connectivity index is 1.43. The van der Waals surface area contributed by atoms with Gasteiger partial charge in [-0.05, 0) is 37.0 Å². The number of hydrogen-bond donors (Lipinski definition) is 2. The molecule has 0 radical (unpaired) electrons. The molecule has 1 saturated heterocycles. The summed E-state index contributed by atoms with van der Waals surface area (Å²) in [5.74, 6) is -0.532. The van der Waals surface area contributed by atoms with Gasteiger partial charge in [0.25, 0.3) is 6.43 Å². The zero-order chi connectivity index (χ0) is 23.8. The molecule has 0 bridgehead atoms. The van der Waals surface area contributed by atoms with Crippen LogP contribution < -0.4 is 5.32 Å². The number of fused-ring (bicyclic) bond motifs is 3. The lowest BCUT2D eigenvalue weighted by Gasteiger charge is -2.42. The molecule has 4 heterocycles. The van der Waals surface area contributed by atoms with Gasteiger partial charge in [-0.3, -0.25) is 24.3 Å². The summed E-state index contributed by atoms with van der Waals surface area (Å²) in [6.45, 7) is 3.33. The summed E-state index contributed by atoms with van der Waals surface area (Å²) in [6.07, 6.45) is 1.83. The van der Waals surface area contributed by atoms with Crippen molar-refractivity contribution in [1.82, 2.24) is 25.0 Å². The minimum atomic E-state index is -2.55. The monoisotopic (exact) mass is 476 g/mol. The highest BCUT2D eigenvalue weighted by atomic mass is 19.3. The number of rotatable bonds is 8. The van der Waals surface area contributed by atoms with Gasteiger partial charge in [0.2, 0.25) is 0 Å². The summed E-state index contributed by atoms with van der Waals surface area (Å²) in [5, 5.41) is 11.2. The molecule has 6 nitrogen and oxygen atoms in total. The summed E-state index contributed by atoms with van der Waals surface area (Å²) in [7, 11) is 0. The number of halogens is 4. The van der Waals surface area contributed by atoms with E-state index in [1.54, 1.807) is 17.3 Å². The van der Waals surface area contributed by atoms with E-state index >= 15 is 4.39 Å². The van der Waals surface area contributed by atoms with Crippen molar-refractivity contribution >= 4 is 16.6 Å². The highest BCUT2D eigenvalue weighted by molar-refractivity contribution is 5.83. The first kappa shape index (κ1) is 23.0. The van der Waals surface area contributed by atoms with Crippen molar-refractivity contribution in [3.8, 4) is 0 Å². The van der Waals surface area contributed by atoms with Gasteiger partial charge in [-0.1, -0.05) is 6.07 Å². The Labute approximate surface area is 195 Å². The zero-order valence-corrected chi connectivity index (χ0v) is 18.9. The van der Waals surface area contributed by atoms with E-state index in [4.69, 9.17) is 0 Å². The van der Waals surface area contributed by atoms with Crippen LogP contribution in [-0.2, 0) is 6.42 Å². The Morgan fingerprint density at radius 1 is 1.24 bits per heavy atom. The lowest BCUT2D eigenvalue weighted by molar-refractivity contribution is 0.0446. The molecule has 0 aliphatic carbocycles. The fourth-order valence-corrected chi connectivity index (χ4v) is 5.26. The van der Waals surface area contributed by atoms with Gasteiger partial charge < -0.3 is 5.32 Å². The van der Waals surface area contributed by atoms with Crippen LogP contribution in [0, 0.1) is 5.82 Å². The molecule has 2 N–H and O–H groups in total. The average molecular weight is 477 g/mol. The fraction of sp³-hybridized carbons (Fsp3) is 0.500. The first-order valence-corrected chi connectivity index (χ1v) is 11.6. The van der Waals surface area contributed by atoms with Crippen LogP contribution >= 0.6 is 0 Å². The van der Waals surface area contributed by atoms with Gasteiger partial charge in [0.05, 0.1) is 54.6 Å². The minimum absolute atomic E-state index is 0.139. The average Bonchev–Trinajstić information content (AvgIpc) is 3.25. The Hall–Kier alpha value is -2.72. The SMILES string of the molecule is C[C@@H]1Cc2c(ccc3[nH]ncc23)C(c2ncc(NC3CN(CCCF)C3)cc2F)N1CC(F)F. The molecule has 2 aromatic heterocycles. The molecule has 5 rings (SSSR count). The molecule has 2 aliphatic rings. The third kappa shape index (κ3) is 4.36. The molecule has 182 valence electrons. The van der Waals surface area contributed by atoms with Crippen LogP contribution in [0.5, 0.6) is 0 Å². The van der Waals surface area contributed by atoms with E-state index in [0.29, 0.717) is 25.1 Å². The Bertz CT molecular complexity index is 1150. The third-order valence-electron chi connectivity index (χ3n) is 6.88. The fourth-order valence-electron chi connectivity index (χ4n) is 5.26. The number of likely N-dealkylation sites (tertiary alicyclic amines) is 1. The molecule has 3 aromatic rings. The van der Waals surface area contributed by atoms with Gasteiger partial charge in [0, 0.05) is 37.1 Å². The van der Waals surface area contributed by atoms with Crippen molar-refractivity contribution in [3.05, 3.63) is 53.2 Å². The highest BCUT2D eigenvalue weighted by Gasteiger charge is 2.38. The second kappa shape index (κ2) is 9.50. The summed E-state index contributed by atoms with van der Waals surface area (Å²) in [5.41, 5.74) is 3.31. The predicted octanol–water partition coefficient (Wildman–Crippen LogP) is 4.15. The summed E-state index contributed by atoms with van der Waals surface area (Å²) < 4.78 is 54.8. The lowest BCUT2D eigenvalue weighted by atomic mass is 9.85. The molecule has 2 aliphatic heterocycles. The van der Waals surface area contributed by atoms with E-state index in [9.17, 15) is 13.2 Å². The maximum atomic E-state index is 15.4. The highest BCUT2D eigenvalue weighted by Crippen LogP contribution is 2.41. The Kier molecular flexibility index (Phi) is 6.44. The van der Waals surface area contributed by atoms with Crippen LogP contribution in [0.4, 0.5) is 23.2 Å². The molecule has 34 heavy (non-hydrogen) atoms. The molecule has 2 atom stereocenters. The van der Waals surface area contributed by atoms with E-state index in [1.165, 1.54) is 6.07 Å². The molecule has 0 saturated carbocycles. The van der Waals surface area contributed by atoms with Gasteiger partial charge >= 0.3 is 0 Å². The molecule has 1 fully saturated rings. The number of aromatic nitrogens is 3. The number of nitrogens with zero attached hydrogens (tertiary/aromatic N) is 4. The van der Waals surface area contributed by atoms with Crippen molar-refractivity contribution in [2.75, 3.05) is 38.2 Å². The largest absolute Gasteiger partial charge is 0.378 e. The predicted molar refractivity (Wildman–Crippen MR) is 122 cm³/mol. The van der Waals surface area contributed by atoms with E-state index in [1.807, 2.05) is 19.1 Å². The van der Waals surface area contributed by atoms with Gasteiger partial charge in [-0.15, -0.1) is 0 Å². The van der Waals surface area contributed by atoms with Crippen LogP contribution in [0.25, 0.3) is 10.9 Å². The quantitative estimate of drug-likeness (QED) is 0.479.